The molecule has 0 amide bonds. The lowest BCUT2D eigenvalue weighted by molar-refractivity contribution is 0.519. The molecule has 15 heavy (non-hydrogen) atoms. The van der Waals surface area contributed by atoms with Gasteiger partial charge >= 0.3 is 0 Å². The van der Waals surface area contributed by atoms with E-state index in [1.54, 1.807) is 0 Å². The fourth-order valence-corrected chi connectivity index (χ4v) is 1.69. The zero-order chi connectivity index (χ0) is 11.5. The van der Waals surface area contributed by atoms with Crippen LogP contribution < -0.4 is 10.6 Å². The summed E-state index contributed by atoms with van der Waals surface area (Å²) in [5.74, 6) is 0. The first kappa shape index (κ1) is 12.1. The van der Waals surface area contributed by atoms with Crippen molar-refractivity contribution in [1.29, 1.82) is 0 Å². The zero-order valence-electron chi connectivity index (χ0n) is 10.2. The third kappa shape index (κ3) is 3.92. The van der Waals surface area contributed by atoms with Gasteiger partial charge in [-0.05, 0) is 38.0 Å². The van der Waals surface area contributed by atoms with E-state index >= 15 is 0 Å². The van der Waals surface area contributed by atoms with Crippen LogP contribution in [-0.4, -0.2) is 19.1 Å². The van der Waals surface area contributed by atoms with E-state index in [1.165, 1.54) is 11.3 Å². The molecule has 0 aliphatic heterocycles. The number of nitrogens with zero attached hydrogens (tertiary/aromatic N) is 1. The molecular formula is C13H22N2. The molecule has 0 spiro atoms. The molecule has 2 heteroatoms. The van der Waals surface area contributed by atoms with E-state index in [0.717, 1.165) is 13.0 Å². The third-order valence-corrected chi connectivity index (χ3v) is 2.43. The highest BCUT2D eigenvalue weighted by molar-refractivity contribution is 5.47. The van der Waals surface area contributed by atoms with E-state index in [4.69, 9.17) is 5.73 Å². The standard InChI is InChI=1S/C13H22N2/c1-5-11-6-8-12(9-7-11)15(4)10-13(2,3)14/h6-9H,5,10,14H2,1-4H3. The average molecular weight is 206 g/mol. The fraction of sp³-hybridized carbons (Fsp3) is 0.538. The van der Waals surface area contributed by atoms with Crippen LogP contribution in [-0.2, 0) is 6.42 Å². The van der Waals surface area contributed by atoms with Crippen LogP contribution in [0, 0.1) is 0 Å². The molecule has 0 heterocycles. The quantitative estimate of drug-likeness (QED) is 0.819. The van der Waals surface area contributed by atoms with E-state index in [9.17, 15) is 0 Å². The molecule has 0 bridgehead atoms. The van der Waals surface area contributed by atoms with Gasteiger partial charge in [0, 0.05) is 24.8 Å². The molecule has 0 saturated heterocycles. The number of hydrogen-bond acceptors (Lipinski definition) is 2. The van der Waals surface area contributed by atoms with Gasteiger partial charge in [0.1, 0.15) is 0 Å². The van der Waals surface area contributed by atoms with Crippen LogP contribution in [0.15, 0.2) is 24.3 Å². The molecule has 2 N–H and O–H groups in total. The topological polar surface area (TPSA) is 29.3 Å². The highest BCUT2D eigenvalue weighted by Crippen LogP contribution is 2.15. The number of aryl methyl sites for hydroxylation is 1. The lowest BCUT2D eigenvalue weighted by Crippen LogP contribution is -2.44. The van der Waals surface area contributed by atoms with Gasteiger partial charge in [0.25, 0.3) is 0 Å². The van der Waals surface area contributed by atoms with Crippen molar-refractivity contribution in [2.75, 3.05) is 18.5 Å². The van der Waals surface area contributed by atoms with Gasteiger partial charge in [0.2, 0.25) is 0 Å². The van der Waals surface area contributed by atoms with Gasteiger partial charge in [-0.25, -0.2) is 0 Å². The molecule has 1 aromatic carbocycles. The predicted octanol–water partition coefficient (Wildman–Crippen LogP) is 2.42. The molecule has 84 valence electrons. The molecule has 0 radical (unpaired) electrons. The molecule has 2 nitrogen and oxygen atoms in total. The Morgan fingerprint density at radius 3 is 2.13 bits per heavy atom. The predicted molar refractivity (Wildman–Crippen MR) is 67.4 cm³/mol. The van der Waals surface area contributed by atoms with Gasteiger partial charge in [-0.15, -0.1) is 0 Å². The minimum Gasteiger partial charge on any atom is -0.373 e. The molecule has 0 aliphatic rings. The summed E-state index contributed by atoms with van der Waals surface area (Å²) in [6.45, 7) is 7.12. The van der Waals surface area contributed by atoms with Gasteiger partial charge < -0.3 is 10.6 Å². The SMILES string of the molecule is CCc1ccc(N(C)CC(C)(C)N)cc1. The second-order valence-corrected chi connectivity index (χ2v) is 4.86. The molecule has 1 rings (SSSR count). The normalized spacial score (nSPS) is 11.5. The Morgan fingerprint density at radius 2 is 1.73 bits per heavy atom. The maximum absolute atomic E-state index is 5.99. The van der Waals surface area contributed by atoms with Crippen molar-refractivity contribution in [3.05, 3.63) is 29.8 Å². The molecule has 0 unspecified atom stereocenters. The van der Waals surface area contributed by atoms with Gasteiger partial charge in [-0.2, -0.15) is 0 Å². The van der Waals surface area contributed by atoms with Crippen LogP contribution in [0.25, 0.3) is 0 Å². The number of rotatable bonds is 4. The summed E-state index contributed by atoms with van der Waals surface area (Å²) in [7, 11) is 2.08. The van der Waals surface area contributed by atoms with Crippen molar-refractivity contribution < 1.29 is 0 Å². The molecule has 0 saturated carbocycles. The molecule has 1 aromatic rings. The van der Waals surface area contributed by atoms with Crippen LogP contribution >= 0.6 is 0 Å². The highest BCUT2D eigenvalue weighted by atomic mass is 15.1. The van der Waals surface area contributed by atoms with Crippen LogP contribution in [0.4, 0.5) is 5.69 Å². The molecule has 0 aromatic heterocycles. The first-order valence-corrected chi connectivity index (χ1v) is 5.51. The highest BCUT2D eigenvalue weighted by Gasteiger charge is 2.13. The van der Waals surface area contributed by atoms with Gasteiger partial charge in [-0.3, -0.25) is 0 Å². The van der Waals surface area contributed by atoms with E-state index in [1.807, 2.05) is 13.8 Å². The van der Waals surface area contributed by atoms with Crippen LogP contribution in [0.2, 0.25) is 0 Å². The Bertz CT molecular complexity index is 295. The van der Waals surface area contributed by atoms with Crippen molar-refractivity contribution in [1.82, 2.24) is 0 Å². The maximum Gasteiger partial charge on any atom is 0.0364 e. The first-order chi connectivity index (χ1) is 6.92. The lowest BCUT2D eigenvalue weighted by Gasteiger charge is -2.28. The third-order valence-electron chi connectivity index (χ3n) is 2.43. The van der Waals surface area contributed by atoms with Crippen LogP contribution in [0.3, 0.4) is 0 Å². The molecule has 0 fully saturated rings. The van der Waals surface area contributed by atoms with Crippen molar-refractivity contribution in [3.8, 4) is 0 Å². The minimum atomic E-state index is -0.155. The molecule has 0 aliphatic carbocycles. The summed E-state index contributed by atoms with van der Waals surface area (Å²) in [6.07, 6.45) is 1.09. The number of anilines is 1. The summed E-state index contributed by atoms with van der Waals surface area (Å²) in [5, 5.41) is 0. The van der Waals surface area contributed by atoms with Crippen molar-refractivity contribution in [2.24, 2.45) is 5.73 Å². The monoisotopic (exact) mass is 206 g/mol. The minimum absolute atomic E-state index is 0.155. The van der Waals surface area contributed by atoms with Crippen LogP contribution in [0.5, 0.6) is 0 Å². The van der Waals surface area contributed by atoms with Gasteiger partial charge in [0.05, 0.1) is 0 Å². The van der Waals surface area contributed by atoms with Gasteiger partial charge in [0.15, 0.2) is 0 Å². The summed E-state index contributed by atoms with van der Waals surface area (Å²) < 4.78 is 0. The van der Waals surface area contributed by atoms with E-state index in [0.29, 0.717) is 0 Å². The molecule has 0 atom stereocenters. The second-order valence-electron chi connectivity index (χ2n) is 4.86. The fourth-order valence-electron chi connectivity index (χ4n) is 1.69. The van der Waals surface area contributed by atoms with Crippen molar-refractivity contribution in [3.63, 3.8) is 0 Å². The zero-order valence-corrected chi connectivity index (χ0v) is 10.2. The Morgan fingerprint density at radius 1 is 1.20 bits per heavy atom. The number of nitrogens with two attached hydrogens (primary N) is 1. The summed E-state index contributed by atoms with van der Waals surface area (Å²) in [5.41, 5.74) is 8.44. The van der Waals surface area contributed by atoms with Crippen LogP contribution in [0.1, 0.15) is 26.3 Å². The Kier molecular flexibility index (Phi) is 3.75. The van der Waals surface area contributed by atoms with E-state index in [-0.39, 0.29) is 5.54 Å². The maximum atomic E-state index is 5.99. The van der Waals surface area contributed by atoms with Crippen molar-refractivity contribution >= 4 is 5.69 Å². The van der Waals surface area contributed by atoms with Gasteiger partial charge in [-0.1, -0.05) is 19.1 Å². The lowest BCUT2D eigenvalue weighted by atomic mass is 10.1. The van der Waals surface area contributed by atoms with E-state index in [2.05, 4.69) is 43.1 Å². The summed E-state index contributed by atoms with van der Waals surface area (Å²) in [4.78, 5) is 2.19. The average Bonchev–Trinajstić information content (AvgIpc) is 2.15. The number of hydrogen-bond donors (Lipinski definition) is 1. The smallest absolute Gasteiger partial charge is 0.0364 e. The number of benzene rings is 1. The number of likely N-dealkylation sites (N-methyl/N-ethyl adjacent to an activating group) is 1. The Labute approximate surface area is 93.1 Å². The first-order valence-electron chi connectivity index (χ1n) is 5.51. The largest absolute Gasteiger partial charge is 0.373 e. The Balaban J connectivity index is 2.70. The van der Waals surface area contributed by atoms with E-state index < -0.39 is 0 Å². The van der Waals surface area contributed by atoms with Crippen molar-refractivity contribution in [2.45, 2.75) is 32.7 Å². The Hall–Kier alpha value is -1.02. The summed E-state index contributed by atoms with van der Waals surface area (Å²) in [6, 6.07) is 8.67. The molecular weight excluding hydrogens is 184 g/mol. The second kappa shape index (κ2) is 4.67. The summed E-state index contributed by atoms with van der Waals surface area (Å²) >= 11 is 0.